The third-order valence-corrected chi connectivity index (χ3v) is 4.80. The lowest BCUT2D eigenvalue weighted by Gasteiger charge is -2.12. The van der Waals surface area contributed by atoms with Crippen LogP contribution in [-0.2, 0) is 4.79 Å². The molecule has 0 aromatic heterocycles. The molecule has 11 heteroatoms. The third kappa shape index (κ3) is 9.51. The number of ether oxygens (including phenoxy) is 3. The number of carbonyl (C=O) groups excluding carboxylic acids is 2. The van der Waals surface area contributed by atoms with Gasteiger partial charge in [0, 0.05) is 12.1 Å². The molecule has 0 saturated heterocycles. The van der Waals surface area contributed by atoms with E-state index in [0.717, 1.165) is 17.9 Å². The smallest absolute Gasteiger partial charge is 0.490 e. The molecule has 0 saturated carbocycles. The number of hydrogen-bond acceptors (Lipinski definition) is 6. The number of rotatable bonds is 12. The van der Waals surface area contributed by atoms with Gasteiger partial charge in [-0.3, -0.25) is 9.59 Å². The summed E-state index contributed by atoms with van der Waals surface area (Å²) in [6.45, 7) is 0.219. The number of aliphatic hydroxyl groups is 1. The Morgan fingerprint density at radius 3 is 1.97 bits per heavy atom. The number of benzene rings is 3. The molecule has 3 aromatic carbocycles. The minimum atomic E-state index is -4.84. The summed E-state index contributed by atoms with van der Waals surface area (Å²) in [6, 6.07) is 20.2. The van der Waals surface area contributed by atoms with E-state index < -0.39 is 23.9 Å². The number of hydrogen-bond donors (Lipinski definition) is 3. The van der Waals surface area contributed by atoms with Crippen LogP contribution in [0, 0.1) is 0 Å². The summed E-state index contributed by atoms with van der Waals surface area (Å²) >= 11 is 0. The summed E-state index contributed by atoms with van der Waals surface area (Å²) in [4.78, 5) is 25.3. The number of amides is 2. The molecule has 2 amide bonds. The van der Waals surface area contributed by atoms with Gasteiger partial charge in [0.2, 0.25) is 0 Å². The third-order valence-electron chi connectivity index (χ3n) is 4.80. The maximum Gasteiger partial charge on any atom is 0.573 e. The van der Waals surface area contributed by atoms with E-state index in [1.54, 1.807) is 12.1 Å². The minimum Gasteiger partial charge on any atom is -0.490 e. The van der Waals surface area contributed by atoms with Crippen molar-refractivity contribution in [2.45, 2.75) is 6.36 Å². The number of alkyl halides is 3. The minimum absolute atomic E-state index is 0.0651. The van der Waals surface area contributed by atoms with Gasteiger partial charge in [-0.05, 0) is 60.2 Å². The first-order valence-corrected chi connectivity index (χ1v) is 11.4. The van der Waals surface area contributed by atoms with E-state index in [-0.39, 0.29) is 31.0 Å². The van der Waals surface area contributed by atoms with Crippen molar-refractivity contribution in [1.29, 1.82) is 0 Å². The van der Waals surface area contributed by atoms with Crippen molar-refractivity contribution in [3.8, 4) is 17.2 Å². The maximum absolute atomic E-state index is 12.8. The first-order chi connectivity index (χ1) is 18.2. The van der Waals surface area contributed by atoms with Crippen LogP contribution in [0.5, 0.6) is 17.2 Å². The fourth-order valence-corrected chi connectivity index (χ4v) is 3.09. The van der Waals surface area contributed by atoms with Gasteiger partial charge in [0.15, 0.2) is 0 Å². The molecule has 0 bridgehead atoms. The normalized spacial score (nSPS) is 11.4. The lowest BCUT2D eigenvalue weighted by atomic mass is 10.1. The Labute approximate surface area is 216 Å². The van der Waals surface area contributed by atoms with Gasteiger partial charge in [0.05, 0.1) is 6.61 Å². The van der Waals surface area contributed by atoms with Crippen molar-refractivity contribution < 1.29 is 42.1 Å². The van der Waals surface area contributed by atoms with E-state index in [9.17, 15) is 22.8 Å². The molecule has 0 spiro atoms. The second-order valence-electron chi connectivity index (χ2n) is 7.64. The highest BCUT2D eigenvalue weighted by Gasteiger charge is 2.30. The van der Waals surface area contributed by atoms with Crippen LogP contribution in [0.15, 0.2) is 84.6 Å². The van der Waals surface area contributed by atoms with Crippen LogP contribution in [-0.4, -0.2) is 49.6 Å². The van der Waals surface area contributed by atoms with Crippen molar-refractivity contribution in [3.05, 3.63) is 95.7 Å². The van der Waals surface area contributed by atoms with Crippen molar-refractivity contribution in [2.24, 2.45) is 0 Å². The molecule has 3 rings (SSSR count). The summed E-state index contributed by atoms with van der Waals surface area (Å²) in [5.41, 5.74) is 0.384. The predicted octanol–water partition coefficient (Wildman–Crippen LogP) is 3.92. The number of aliphatic hydroxyl groups excluding tert-OH is 1. The average molecular weight is 530 g/mol. The summed E-state index contributed by atoms with van der Waals surface area (Å²) in [6.07, 6.45) is -3.55. The maximum atomic E-state index is 12.8. The molecule has 0 aliphatic heterocycles. The van der Waals surface area contributed by atoms with Crippen LogP contribution < -0.4 is 24.8 Å². The van der Waals surface area contributed by atoms with E-state index in [2.05, 4.69) is 15.4 Å². The standard InChI is InChI=1S/C27H25F3N2O6/c28-27(29,30)38-23-10-6-19(7-11-23)18-24(26(35)31-14-15-33)32-25(34)20-8-12-22(13-9-20)37-17-16-36-21-4-2-1-3-5-21/h1-13,18,33H,14-17H2,(H,31,35)(H,32,34)/b24-18+. The van der Waals surface area contributed by atoms with Gasteiger partial charge in [-0.1, -0.05) is 30.3 Å². The molecule has 0 atom stereocenters. The molecule has 0 fully saturated rings. The zero-order chi connectivity index (χ0) is 27.4. The van der Waals surface area contributed by atoms with Crippen LogP contribution in [0.4, 0.5) is 13.2 Å². The summed E-state index contributed by atoms with van der Waals surface area (Å²) in [5, 5.41) is 13.9. The highest BCUT2D eigenvalue weighted by atomic mass is 19.4. The van der Waals surface area contributed by atoms with Crippen LogP contribution in [0.3, 0.4) is 0 Å². The Balaban J connectivity index is 1.62. The fraction of sp³-hybridized carbons (Fsp3) is 0.185. The molecule has 3 aromatic rings. The highest BCUT2D eigenvalue weighted by molar-refractivity contribution is 6.05. The molecular formula is C27H25F3N2O6. The SMILES string of the molecule is O=C(NCCO)/C(=C\c1ccc(OC(F)(F)F)cc1)NC(=O)c1ccc(OCCOc2ccccc2)cc1. The van der Waals surface area contributed by atoms with Gasteiger partial charge in [-0.25, -0.2) is 0 Å². The summed E-state index contributed by atoms with van der Waals surface area (Å²) in [5.74, 6) is -0.497. The largest absolute Gasteiger partial charge is 0.573 e. The van der Waals surface area contributed by atoms with Gasteiger partial charge in [0.25, 0.3) is 11.8 Å². The lowest BCUT2D eigenvalue weighted by Crippen LogP contribution is -2.36. The van der Waals surface area contributed by atoms with Gasteiger partial charge in [0.1, 0.15) is 36.2 Å². The Hall–Kier alpha value is -4.51. The van der Waals surface area contributed by atoms with E-state index in [1.165, 1.54) is 30.3 Å². The molecule has 200 valence electrons. The molecule has 8 nitrogen and oxygen atoms in total. The number of carbonyl (C=O) groups is 2. The number of para-hydroxylation sites is 1. The average Bonchev–Trinajstić information content (AvgIpc) is 2.90. The second-order valence-corrected chi connectivity index (χ2v) is 7.64. The Morgan fingerprint density at radius 2 is 1.39 bits per heavy atom. The predicted molar refractivity (Wildman–Crippen MR) is 133 cm³/mol. The molecule has 0 aliphatic carbocycles. The van der Waals surface area contributed by atoms with Crippen LogP contribution in [0.2, 0.25) is 0 Å². The van der Waals surface area contributed by atoms with Crippen LogP contribution >= 0.6 is 0 Å². The fourth-order valence-electron chi connectivity index (χ4n) is 3.09. The Bertz CT molecular complexity index is 1210. The van der Waals surface area contributed by atoms with Gasteiger partial charge in [-0.15, -0.1) is 13.2 Å². The number of halogens is 3. The van der Waals surface area contributed by atoms with E-state index in [1.807, 2.05) is 30.3 Å². The van der Waals surface area contributed by atoms with Crippen molar-refractivity contribution in [3.63, 3.8) is 0 Å². The second kappa shape index (κ2) is 13.7. The summed E-state index contributed by atoms with van der Waals surface area (Å²) < 4.78 is 52.1. The molecule has 0 aliphatic rings. The highest BCUT2D eigenvalue weighted by Crippen LogP contribution is 2.23. The molecular weight excluding hydrogens is 505 g/mol. The van der Waals surface area contributed by atoms with Crippen molar-refractivity contribution in [1.82, 2.24) is 10.6 Å². The zero-order valence-corrected chi connectivity index (χ0v) is 20.0. The van der Waals surface area contributed by atoms with E-state index in [4.69, 9.17) is 14.6 Å². The van der Waals surface area contributed by atoms with E-state index >= 15 is 0 Å². The molecule has 0 radical (unpaired) electrons. The van der Waals surface area contributed by atoms with E-state index in [0.29, 0.717) is 17.9 Å². The van der Waals surface area contributed by atoms with Gasteiger partial charge >= 0.3 is 6.36 Å². The van der Waals surface area contributed by atoms with Crippen LogP contribution in [0.25, 0.3) is 6.08 Å². The summed E-state index contributed by atoms with van der Waals surface area (Å²) in [7, 11) is 0. The Morgan fingerprint density at radius 1 is 0.816 bits per heavy atom. The Kier molecular flexibility index (Phi) is 10.1. The molecule has 0 unspecified atom stereocenters. The van der Waals surface area contributed by atoms with Crippen molar-refractivity contribution in [2.75, 3.05) is 26.4 Å². The molecule has 0 heterocycles. The van der Waals surface area contributed by atoms with Gasteiger partial charge < -0.3 is 30.0 Å². The van der Waals surface area contributed by atoms with Crippen molar-refractivity contribution >= 4 is 17.9 Å². The quantitative estimate of drug-likeness (QED) is 0.242. The lowest BCUT2D eigenvalue weighted by molar-refractivity contribution is -0.274. The zero-order valence-electron chi connectivity index (χ0n) is 20.0. The van der Waals surface area contributed by atoms with Crippen LogP contribution in [0.1, 0.15) is 15.9 Å². The monoisotopic (exact) mass is 530 g/mol. The number of nitrogens with one attached hydrogen (secondary N) is 2. The topological polar surface area (TPSA) is 106 Å². The first kappa shape index (κ1) is 28.1. The molecule has 38 heavy (non-hydrogen) atoms. The first-order valence-electron chi connectivity index (χ1n) is 11.4. The van der Waals surface area contributed by atoms with Gasteiger partial charge in [-0.2, -0.15) is 0 Å². The molecule has 3 N–H and O–H groups in total.